The lowest BCUT2D eigenvalue weighted by molar-refractivity contribution is 0.102. The maximum atomic E-state index is 12.5. The molecule has 2 aromatic carbocycles. The van der Waals surface area contributed by atoms with Gasteiger partial charge in [0.05, 0.1) is 5.69 Å². The maximum absolute atomic E-state index is 12.5. The summed E-state index contributed by atoms with van der Waals surface area (Å²) in [5.41, 5.74) is 3.28. The van der Waals surface area contributed by atoms with Crippen molar-refractivity contribution in [2.75, 3.05) is 18.4 Å². The number of amides is 1. The first kappa shape index (κ1) is 17.9. The summed E-state index contributed by atoms with van der Waals surface area (Å²) >= 11 is 0. The summed E-state index contributed by atoms with van der Waals surface area (Å²) in [6.07, 6.45) is 1.79. The van der Waals surface area contributed by atoms with Crippen LogP contribution in [0.4, 0.5) is 5.69 Å². The van der Waals surface area contributed by atoms with E-state index in [1.807, 2.05) is 48.5 Å². The number of nitrogens with one attached hydrogen (secondary N) is 1. The topological polar surface area (TPSA) is 50.2 Å². The molecule has 0 radical (unpaired) electrons. The van der Waals surface area contributed by atoms with E-state index < -0.39 is 0 Å². The van der Waals surface area contributed by atoms with Gasteiger partial charge < -0.3 is 5.32 Å². The van der Waals surface area contributed by atoms with E-state index >= 15 is 0 Å². The van der Waals surface area contributed by atoms with E-state index in [9.17, 15) is 4.79 Å². The van der Waals surface area contributed by atoms with Crippen molar-refractivity contribution in [1.82, 2.24) is 14.7 Å². The molecule has 26 heavy (non-hydrogen) atoms. The fourth-order valence-corrected chi connectivity index (χ4v) is 2.82. The highest BCUT2D eigenvalue weighted by Crippen LogP contribution is 2.14. The average molecular weight is 348 g/mol. The summed E-state index contributed by atoms with van der Waals surface area (Å²) in [4.78, 5) is 14.8. The molecule has 0 spiro atoms. The smallest absolute Gasteiger partial charge is 0.276 e. The summed E-state index contributed by atoms with van der Waals surface area (Å²) < 4.78 is 1.70. The average Bonchev–Trinajstić information content (AvgIpc) is 3.17. The van der Waals surface area contributed by atoms with Crippen molar-refractivity contribution in [3.8, 4) is 5.69 Å². The van der Waals surface area contributed by atoms with Gasteiger partial charge in [-0.05, 0) is 49.0 Å². The van der Waals surface area contributed by atoms with Gasteiger partial charge in [-0.25, -0.2) is 4.68 Å². The van der Waals surface area contributed by atoms with E-state index in [4.69, 9.17) is 0 Å². The Balaban J connectivity index is 1.69. The fraction of sp³-hybridized carbons (Fsp3) is 0.238. The molecule has 0 unspecified atom stereocenters. The molecule has 5 nitrogen and oxygen atoms in total. The third kappa shape index (κ3) is 4.37. The number of para-hydroxylation sites is 1. The summed E-state index contributed by atoms with van der Waals surface area (Å²) in [6.45, 7) is 7.18. The number of aromatic nitrogens is 2. The van der Waals surface area contributed by atoms with Gasteiger partial charge >= 0.3 is 0 Å². The predicted molar refractivity (Wildman–Crippen MR) is 105 cm³/mol. The molecule has 0 aliphatic heterocycles. The van der Waals surface area contributed by atoms with E-state index in [0.717, 1.165) is 31.0 Å². The number of carbonyl (C=O) groups is 1. The minimum Gasteiger partial charge on any atom is -0.321 e. The molecule has 0 aliphatic carbocycles. The summed E-state index contributed by atoms with van der Waals surface area (Å²) in [5.74, 6) is -0.209. The molecule has 0 bridgehead atoms. The third-order valence-corrected chi connectivity index (χ3v) is 4.33. The van der Waals surface area contributed by atoms with Gasteiger partial charge in [0.25, 0.3) is 5.91 Å². The molecular formula is C21H24N4O. The molecule has 3 aromatic rings. The highest BCUT2D eigenvalue weighted by atomic mass is 16.1. The second-order valence-electron chi connectivity index (χ2n) is 6.10. The first-order chi connectivity index (χ1) is 12.7. The normalized spacial score (nSPS) is 10.9. The van der Waals surface area contributed by atoms with E-state index in [-0.39, 0.29) is 5.91 Å². The Morgan fingerprint density at radius 2 is 1.81 bits per heavy atom. The van der Waals surface area contributed by atoms with Crippen molar-refractivity contribution >= 4 is 11.6 Å². The number of carbonyl (C=O) groups excluding carboxylic acids is 1. The van der Waals surface area contributed by atoms with Gasteiger partial charge in [-0.15, -0.1) is 0 Å². The zero-order valence-electron chi connectivity index (χ0n) is 15.2. The molecule has 134 valence electrons. The Bertz CT molecular complexity index is 853. The second-order valence-corrected chi connectivity index (χ2v) is 6.10. The standard InChI is InChI=1S/C21H24N4O/c1-3-24(4-2)16-17-9-8-10-18(15-17)22-21(26)20-13-14-25(23-20)19-11-6-5-7-12-19/h5-15H,3-4,16H2,1-2H3,(H,22,26). The first-order valence-electron chi connectivity index (χ1n) is 8.93. The summed E-state index contributed by atoms with van der Waals surface area (Å²) in [7, 11) is 0. The lowest BCUT2D eigenvalue weighted by Crippen LogP contribution is -2.22. The van der Waals surface area contributed by atoms with Crippen LogP contribution >= 0.6 is 0 Å². The number of rotatable bonds is 7. The number of hydrogen-bond acceptors (Lipinski definition) is 3. The lowest BCUT2D eigenvalue weighted by atomic mass is 10.2. The Labute approximate surface area is 154 Å². The van der Waals surface area contributed by atoms with Crippen LogP contribution in [0.15, 0.2) is 66.9 Å². The first-order valence-corrected chi connectivity index (χ1v) is 8.93. The molecule has 1 N–H and O–H groups in total. The lowest BCUT2D eigenvalue weighted by Gasteiger charge is -2.18. The molecule has 3 rings (SSSR count). The monoisotopic (exact) mass is 348 g/mol. The number of hydrogen-bond donors (Lipinski definition) is 1. The van der Waals surface area contributed by atoms with Crippen LogP contribution in [0.3, 0.4) is 0 Å². The van der Waals surface area contributed by atoms with E-state index in [0.29, 0.717) is 5.69 Å². The molecule has 0 atom stereocenters. The van der Waals surface area contributed by atoms with E-state index in [1.165, 1.54) is 5.56 Å². The van der Waals surface area contributed by atoms with Crippen molar-refractivity contribution in [2.45, 2.75) is 20.4 Å². The Kier molecular flexibility index (Phi) is 5.81. The highest BCUT2D eigenvalue weighted by molar-refractivity contribution is 6.02. The van der Waals surface area contributed by atoms with Crippen LogP contribution in [0.5, 0.6) is 0 Å². The van der Waals surface area contributed by atoms with E-state index in [1.54, 1.807) is 16.9 Å². The highest BCUT2D eigenvalue weighted by Gasteiger charge is 2.11. The molecule has 5 heteroatoms. The van der Waals surface area contributed by atoms with Crippen molar-refractivity contribution < 1.29 is 4.79 Å². The van der Waals surface area contributed by atoms with Crippen LogP contribution in [-0.4, -0.2) is 33.7 Å². The molecule has 1 aromatic heterocycles. The van der Waals surface area contributed by atoms with Gasteiger partial charge in [-0.1, -0.05) is 44.2 Å². The third-order valence-electron chi connectivity index (χ3n) is 4.33. The Hall–Kier alpha value is -2.92. The predicted octanol–water partition coefficient (Wildman–Crippen LogP) is 3.97. The van der Waals surface area contributed by atoms with Gasteiger partial charge in [0, 0.05) is 18.4 Å². The van der Waals surface area contributed by atoms with Crippen molar-refractivity contribution in [2.24, 2.45) is 0 Å². The SMILES string of the molecule is CCN(CC)Cc1cccc(NC(=O)c2ccn(-c3ccccc3)n2)c1. The molecule has 0 saturated carbocycles. The van der Waals surface area contributed by atoms with Crippen LogP contribution in [0.1, 0.15) is 29.9 Å². The molecule has 1 heterocycles. The Morgan fingerprint density at radius 1 is 1.04 bits per heavy atom. The van der Waals surface area contributed by atoms with Crippen LogP contribution in [0.25, 0.3) is 5.69 Å². The summed E-state index contributed by atoms with van der Waals surface area (Å²) in [6, 6.07) is 19.4. The number of anilines is 1. The van der Waals surface area contributed by atoms with Gasteiger partial charge in [0.2, 0.25) is 0 Å². The fourth-order valence-electron chi connectivity index (χ4n) is 2.82. The minimum atomic E-state index is -0.209. The van der Waals surface area contributed by atoms with Gasteiger partial charge in [-0.2, -0.15) is 5.10 Å². The molecule has 1 amide bonds. The summed E-state index contributed by atoms with van der Waals surface area (Å²) in [5, 5.41) is 7.31. The molecular weight excluding hydrogens is 324 g/mol. The van der Waals surface area contributed by atoms with Gasteiger partial charge in [0.15, 0.2) is 5.69 Å². The van der Waals surface area contributed by atoms with Crippen molar-refractivity contribution in [3.63, 3.8) is 0 Å². The van der Waals surface area contributed by atoms with Crippen LogP contribution in [-0.2, 0) is 6.54 Å². The van der Waals surface area contributed by atoms with Crippen LogP contribution < -0.4 is 5.32 Å². The quantitative estimate of drug-likeness (QED) is 0.703. The second kappa shape index (κ2) is 8.45. The van der Waals surface area contributed by atoms with Gasteiger partial charge in [0.1, 0.15) is 0 Å². The van der Waals surface area contributed by atoms with Crippen LogP contribution in [0, 0.1) is 0 Å². The maximum Gasteiger partial charge on any atom is 0.276 e. The number of nitrogens with zero attached hydrogens (tertiary/aromatic N) is 3. The van der Waals surface area contributed by atoms with Crippen molar-refractivity contribution in [1.29, 1.82) is 0 Å². The van der Waals surface area contributed by atoms with Crippen molar-refractivity contribution in [3.05, 3.63) is 78.1 Å². The number of benzene rings is 2. The molecule has 0 aliphatic rings. The minimum absolute atomic E-state index is 0.209. The van der Waals surface area contributed by atoms with Crippen LogP contribution in [0.2, 0.25) is 0 Å². The molecule has 0 fully saturated rings. The zero-order chi connectivity index (χ0) is 18.4. The zero-order valence-corrected chi connectivity index (χ0v) is 15.2. The Morgan fingerprint density at radius 3 is 2.54 bits per heavy atom. The largest absolute Gasteiger partial charge is 0.321 e. The van der Waals surface area contributed by atoms with E-state index in [2.05, 4.69) is 35.2 Å². The molecule has 0 saturated heterocycles. The van der Waals surface area contributed by atoms with Gasteiger partial charge in [-0.3, -0.25) is 9.69 Å².